The summed E-state index contributed by atoms with van der Waals surface area (Å²) < 4.78 is 0. The second-order valence-electron chi connectivity index (χ2n) is 1.83. The van der Waals surface area contributed by atoms with Crippen molar-refractivity contribution in [3.8, 4) is 0 Å². The molecule has 1 aliphatic rings. The highest BCUT2D eigenvalue weighted by Crippen LogP contribution is 2.09. The average Bonchev–Trinajstić information content (AvgIpc) is 2.14. The van der Waals surface area contributed by atoms with Gasteiger partial charge in [-0.15, -0.1) is 0 Å². The minimum absolute atomic E-state index is 0.556. The fourth-order valence-corrected chi connectivity index (χ4v) is 0.723. The molecule has 0 N–H and O–H groups in total. The summed E-state index contributed by atoms with van der Waals surface area (Å²) in [5.74, 6) is 0. The second-order valence-corrected chi connectivity index (χ2v) is 1.83. The SMILES string of the molecule is CCC1CCN=N1. The van der Waals surface area contributed by atoms with Crippen LogP contribution in [0.5, 0.6) is 0 Å². The van der Waals surface area contributed by atoms with E-state index in [1.807, 2.05) is 0 Å². The lowest BCUT2D eigenvalue weighted by Gasteiger charge is -1.93. The summed E-state index contributed by atoms with van der Waals surface area (Å²) in [4.78, 5) is 0. The normalized spacial score (nSPS) is 29.0. The van der Waals surface area contributed by atoms with Crippen molar-refractivity contribution < 1.29 is 0 Å². The van der Waals surface area contributed by atoms with Gasteiger partial charge in [-0.25, -0.2) is 0 Å². The van der Waals surface area contributed by atoms with Crippen LogP contribution in [-0.4, -0.2) is 12.6 Å². The van der Waals surface area contributed by atoms with Crippen LogP contribution in [0, 0.1) is 0 Å². The smallest absolute Gasteiger partial charge is 0.0724 e. The van der Waals surface area contributed by atoms with Crippen molar-refractivity contribution in [1.82, 2.24) is 0 Å². The molecular weight excluding hydrogens is 88.1 g/mol. The van der Waals surface area contributed by atoms with Crippen LogP contribution in [0.3, 0.4) is 0 Å². The molecule has 2 heteroatoms. The summed E-state index contributed by atoms with van der Waals surface area (Å²) in [6.45, 7) is 3.10. The van der Waals surface area contributed by atoms with Gasteiger partial charge in [0.2, 0.25) is 0 Å². The first-order chi connectivity index (χ1) is 3.43. The van der Waals surface area contributed by atoms with E-state index in [9.17, 15) is 0 Å². The van der Waals surface area contributed by atoms with Crippen molar-refractivity contribution >= 4 is 0 Å². The first-order valence-electron chi connectivity index (χ1n) is 2.80. The first-order valence-corrected chi connectivity index (χ1v) is 2.80. The van der Waals surface area contributed by atoms with E-state index in [0.717, 1.165) is 13.0 Å². The molecule has 0 saturated carbocycles. The molecule has 1 aliphatic heterocycles. The van der Waals surface area contributed by atoms with E-state index in [-0.39, 0.29) is 0 Å². The molecule has 1 rings (SSSR count). The summed E-state index contributed by atoms with van der Waals surface area (Å²) in [7, 11) is 0. The van der Waals surface area contributed by atoms with Crippen LogP contribution >= 0.6 is 0 Å². The van der Waals surface area contributed by atoms with E-state index in [0.29, 0.717) is 6.04 Å². The zero-order chi connectivity index (χ0) is 5.11. The Morgan fingerprint density at radius 2 is 2.57 bits per heavy atom. The van der Waals surface area contributed by atoms with Crippen molar-refractivity contribution in [3.05, 3.63) is 0 Å². The molecule has 1 heterocycles. The molecule has 0 bridgehead atoms. The van der Waals surface area contributed by atoms with Gasteiger partial charge in [-0.05, 0) is 12.8 Å². The van der Waals surface area contributed by atoms with Crippen LogP contribution in [0.4, 0.5) is 0 Å². The lowest BCUT2D eigenvalue weighted by atomic mass is 10.2. The number of hydrogen-bond acceptors (Lipinski definition) is 2. The van der Waals surface area contributed by atoms with E-state index in [1.54, 1.807) is 0 Å². The van der Waals surface area contributed by atoms with E-state index in [4.69, 9.17) is 0 Å². The van der Waals surface area contributed by atoms with Gasteiger partial charge in [0.15, 0.2) is 0 Å². The quantitative estimate of drug-likeness (QED) is 0.476. The van der Waals surface area contributed by atoms with Crippen molar-refractivity contribution in [2.24, 2.45) is 10.2 Å². The van der Waals surface area contributed by atoms with Crippen LogP contribution in [0.15, 0.2) is 10.2 Å². The molecule has 0 fully saturated rings. The Morgan fingerprint density at radius 3 is 2.86 bits per heavy atom. The standard InChI is InChI=1S/C5H10N2/c1-2-5-3-4-6-7-5/h5H,2-4H2,1H3. The Labute approximate surface area is 43.6 Å². The number of azo groups is 1. The van der Waals surface area contributed by atoms with Crippen molar-refractivity contribution in [3.63, 3.8) is 0 Å². The highest BCUT2D eigenvalue weighted by molar-refractivity contribution is 4.67. The average molecular weight is 98.1 g/mol. The summed E-state index contributed by atoms with van der Waals surface area (Å²) in [5.41, 5.74) is 0. The third-order valence-electron chi connectivity index (χ3n) is 1.28. The van der Waals surface area contributed by atoms with Crippen molar-refractivity contribution in [2.75, 3.05) is 6.54 Å². The Hall–Kier alpha value is -0.400. The summed E-state index contributed by atoms with van der Waals surface area (Å²) >= 11 is 0. The van der Waals surface area contributed by atoms with Crippen LogP contribution in [-0.2, 0) is 0 Å². The summed E-state index contributed by atoms with van der Waals surface area (Å²) in [6, 6.07) is 0.556. The summed E-state index contributed by atoms with van der Waals surface area (Å²) in [6.07, 6.45) is 2.33. The molecule has 40 valence electrons. The summed E-state index contributed by atoms with van der Waals surface area (Å²) in [5, 5.41) is 7.84. The Kier molecular flexibility index (Phi) is 1.39. The van der Waals surface area contributed by atoms with Crippen LogP contribution < -0.4 is 0 Å². The van der Waals surface area contributed by atoms with Gasteiger partial charge in [-0.1, -0.05) is 6.92 Å². The Bertz CT molecular complexity index is 78.1. The molecule has 0 radical (unpaired) electrons. The predicted octanol–water partition coefficient (Wildman–Crippen LogP) is 1.62. The van der Waals surface area contributed by atoms with Gasteiger partial charge in [0.25, 0.3) is 0 Å². The van der Waals surface area contributed by atoms with Crippen molar-refractivity contribution in [1.29, 1.82) is 0 Å². The molecular formula is C5H10N2. The van der Waals surface area contributed by atoms with Gasteiger partial charge in [0, 0.05) is 0 Å². The topological polar surface area (TPSA) is 24.7 Å². The molecule has 1 atom stereocenters. The highest BCUT2D eigenvalue weighted by atomic mass is 15.1. The molecule has 1 unspecified atom stereocenters. The Morgan fingerprint density at radius 1 is 1.71 bits per heavy atom. The zero-order valence-corrected chi connectivity index (χ0v) is 4.59. The number of nitrogens with zero attached hydrogens (tertiary/aromatic N) is 2. The third-order valence-corrected chi connectivity index (χ3v) is 1.28. The van der Waals surface area contributed by atoms with E-state index >= 15 is 0 Å². The molecule has 0 aromatic heterocycles. The predicted molar refractivity (Wildman–Crippen MR) is 28.4 cm³/mol. The zero-order valence-electron chi connectivity index (χ0n) is 4.59. The molecule has 0 amide bonds. The van der Waals surface area contributed by atoms with E-state index in [1.165, 1.54) is 6.42 Å². The second kappa shape index (κ2) is 2.05. The number of hydrogen-bond donors (Lipinski definition) is 0. The minimum atomic E-state index is 0.556. The lowest BCUT2D eigenvalue weighted by Crippen LogP contribution is -1.95. The molecule has 0 saturated heterocycles. The molecule has 0 spiro atoms. The maximum atomic E-state index is 3.98. The molecule has 0 aliphatic carbocycles. The molecule has 0 aromatic rings. The maximum absolute atomic E-state index is 3.98. The molecule has 0 aromatic carbocycles. The maximum Gasteiger partial charge on any atom is 0.0724 e. The Balaban J connectivity index is 2.28. The third kappa shape index (κ3) is 0.981. The first kappa shape index (κ1) is 4.75. The van der Waals surface area contributed by atoms with Gasteiger partial charge in [-0.2, -0.15) is 10.2 Å². The van der Waals surface area contributed by atoms with Crippen molar-refractivity contribution in [2.45, 2.75) is 25.8 Å². The fourth-order valence-electron chi connectivity index (χ4n) is 0.723. The van der Waals surface area contributed by atoms with Crippen LogP contribution in [0.1, 0.15) is 19.8 Å². The van der Waals surface area contributed by atoms with Gasteiger partial charge >= 0.3 is 0 Å². The molecule has 2 nitrogen and oxygen atoms in total. The number of rotatable bonds is 1. The van der Waals surface area contributed by atoms with Gasteiger partial charge in [0.1, 0.15) is 0 Å². The van der Waals surface area contributed by atoms with Crippen LogP contribution in [0.25, 0.3) is 0 Å². The fraction of sp³-hybridized carbons (Fsp3) is 1.00. The largest absolute Gasteiger partial charge is 0.194 e. The lowest BCUT2D eigenvalue weighted by molar-refractivity contribution is 0.661. The van der Waals surface area contributed by atoms with Crippen LogP contribution in [0.2, 0.25) is 0 Å². The minimum Gasteiger partial charge on any atom is -0.194 e. The van der Waals surface area contributed by atoms with Gasteiger partial charge in [-0.3, -0.25) is 0 Å². The van der Waals surface area contributed by atoms with E-state index in [2.05, 4.69) is 17.2 Å². The monoisotopic (exact) mass is 98.1 g/mol. The van der Waals surface area contributed by atoms with Gasteiger partial charge in [0.05, 0.1) is 12.6 Å². The molecule has 7 heavy (non-hydrogen) atoms. The van der Waals surface area contributed by atoms with E-state index < -0.39 is 0 Å². The highest BCUT2D eigenvalue weighted by Gasteiger charge is 2.06. The van der Waals surface area contributed by atoms with Gasteiger partial charge < -0.3 is 0 Å².